The monoisotopic (exact) mass is 264 g/mol. The summed E-state index contributed by atoms with van der Waals surface area (Å²) in [6.07, 6.45) is 0.396. The predicted molar refractivity (Wildman–Crippen MR) is 66.9 cm³/mol. The van der Waals surface area contributed by atoms with E-state index in [4.69, 9.17) is 0 Å². The van der Waals surface area contributed by atoms with E-state index in [1.807, 2.05) is 25.1 Å². The van der Waals surface area contributed by atoms with Crippen LogP contribution in [0.3, 0.4) is 0 Å². The second-order valence-corrected chi connectivity index (χ2v) is 4.59. The maximum Gasteiger partial charge on any atom is 0.0787 e. The molecule has 0 amide bonds. The third-order valence-corrected chi connectivity index (χ3v) is 3.09. The van der Waals surface area contributed by atoms with E-state index >= 15 is 0 Å². The molecule has 1 N–H and O–H groups in total. The van der Waals surface area contributed by atoms with Gasteiger partial charge >= 0.3 is 0 Å². The number of hydrogen-bond donors (Lipinski definition) is 1. The molecule has 0 spiro atoms. The summed E-state index contributed by atoms with van der Waals surface area (Å²) < 4.78 is 1.07. The molecule has 2 heteroatoms. The van der Waals surface area contributed by atoms with Crippen molar-refractivity contribution >= 4 is 26.7 Å². The highest BCUT2D eigenvalue weighted by molar-refractivity contribution is 9.10. The molecule has 0 aromatic heterocycles. The fourth-order valence-corrected chi connectivity index (χ4v) is 2.06. The zero-order valence-electron chi connectivity index (χ0n) is 8.57. The van der Waals surface area contributed by atoms with Crippen LogP contribution < -0.4 is 0 Å². The molecule has 0 heterocycles. The summed E-state index contributed by atoms with van der Waals surface area (Å²) in [5, 5.41) is 12.1. The predicted octanol–water partition coefficient (Wildman–Crippen LogP) is 4.05. The first-order chi connectivity index (χ1) is 7.20. The molecule has 2 aromatic rings. The van der Waals surface area contributed by atoms with E-state index in [1.54, 1.807) is 0 Å². The molecular weight excluding hydrogens is 252 g/mol. The molecule has 0 aliphatic heterocycles. The number of rotatable bonds is 2. The van der Waals surface area contributed by atoms with Crippen LogP contribution in [0.2, 0.25) is 0 Å². The van der Waals surface area contributed by atoms with Gasteiger partial charge in [-0.1, -0.05) is 41.1 Å². The van der Waals surface area contributed by atoms with E-state index in [0.29, 0.717) is 0 Å². The lowest BCUT2D eigenvalue weighted by Crippen LogP contribution is -1.94. The molecule has 0 radical (unpaired) electrons. The first-order valence-corrected chi connectivity index (χ1v) is 5.87. The van der Waals surface area contributed by atoms with Gasteiger partial charge in [-0.15, -0.1) is 0 Å². The van der Waals surface area contributed by atoms with Crippen LogP contribution in [-0.4, -0.2) is 5.11 Å². The summed E-state index contributed by atoms with van der Waals surface area (Å²) >= 11 is 3.45. The minimum Gasteiger partial charge on any atom is -0.388 e. The lowest BCUT2D eigenvalue weighted by molar-refractivity contribution is 0.174. The molecule has 0 bridgehead atoms. The quantitative estimate of drug-likeness (QED) is 0.868. The Balaban J connectivity index is 2.54. The number of aliphatic hydroxyl groups is 1. The van der Waals surface area contributed by atoms with E-state index in [-0.39, 0.29) is 6.10 Å². The van der Waals surface area contributed by atoms with Crippen molar-refractivity contribution in [3.8, 4) is 0 Å². The fraction of sp³-hybridized carbons (Fsp3) is 0.231. The summed E-state index contributed by atoms with van der Waals surface area (Å²) in [5.74, 6) is 0. The molecule has 1 unspecified atom stereocenters. The zero-order valence-corrected chi connectivity index (χ0v) is 10.2. The van der Waals surface area contributed by atoms with E-state index in [2.05, 4.69) is 34.1 Å². The highest BCUT2D eigenvalue weighted by Crippen LogP contribution is 2.24. The van der Waals surface area contributed by atoms with Crippen LogP contribution in [0.5, 0.6) is 0 Å². The third kappa shape index (κ3) is 2.21. The van der Waals surface area contributed by atoms with Crippen LogP contribution in [0.15, 0.2) is 40.9 Å². The van der Waals surface area contributed by atoms with Gasteiger partial charge in [0, 0.05) is 4.47 Å². The maximum absolute atomic E-state index is 9.75. The van der Waals surface area contributed by atoms with Crippen LogP contribution in [0.4, 0.5) is 0 Å². The Morgan fingerprint density at radius 1 is 1.13 bits per heavy atom. The van der Waals surface area contributed by atoms with Gasteiger partial charge in [0.05, 0.1) is 6.10 Å². The van der Waals surface area contributed by atoms with Crippen molar-refractivity contribution in [3.63, 3.8) is 0 Å². The number of halogens is 1. The van der Waals surface area contributed by atoms with Crippen molar-refractivity contribution in [1.82, 2.24) is 0 Å². The standard InChI is InChI=1S/C13H13BrO/c1-2-13(15)10-4-3-9-5-6-12(14)8-11(9)7-10/h3-8,13,15H,2H2,1H3. The van der Waals surface area contributed by atoms with Gasteiger partial charge in [0.1, 0.15) is 0 Å². The van der Waals surface area contributed by atoms with Crippen LogP contribution in [0, 0.1) is 0 Å². The van der Waals surface area contributed by atoms with Gasteiger partial charge in [-0.3, -0.25) is 0 Å². The average Bonchev–Trinajstić information content (AvgIpc) is 2.27. The van der Waals surface area contributed by atoms with Gasteiger partial charge in [-0.05, 0) is 41.0 Å². The van der Waals surface area contributed by atoms with E-state index in [9.17, 15) is 5.11 Å². The van der Waals surface area contributed by atoms with Crippen molar-refractivity contribution in [3.05, 3.63) is 46.4 Å². The molecular formula is C13H13BrO. The SMILES string of the molecule is CCC(O)c1ccc2ccc(Br)cc2c1. The summed E-state index contributed by atoms with van der Waals surface area (Å²) in [5.41, 5.74) is 0.989. The average molecular weight is 265 g/mol. The summed E-state index contributed by atoms with van der Waals surface area (Å²) in [4.78, 5) is 0. The Labute approximate surface area is 97.9 Å². The van der Waals surface area contributed by atoms with E-state index in [0.717, 1.165) is 21.8 Å². The fourth-order valence-electron chi connectivity index (χ4n) is 1.68. The van der Waals surface area contributed by atoms with Crippen molar-refractivity contribution in [2.75, 3.05) is 0 Å². The Hall–Kier alpha value is -0.860. The highest BCUT2D eigenvalue weighted by atomic mass is 79.9. The van der Waals surface area contributed by atoms with Crippen LogP contribution in [0.1, 0.15) is 25.0 Å². The van der Waals surface area contributed by atoms with E-state index in [1.165, 1.54) is 5.39 Å². The highest BCUT2D eigenvalue weighted by Gasteiger charge is 2.05. The Morgan fingerprint density at radius 3 is 2.60 bits per heavy atom. The second-order valence-electron chi connectivity index (χ2n) is 3.67. The molecule has 0 aliphatic carbocycles. The lowest BCUT2D eigenvalue weighted by atomic mass is 10.0. The van der Waals surface area contributed by atoms with Crippen molar-refractivity contribution in [2.24, 2.45) is 0 Å². The van der Waals surface area contributed by atoms with Crippen molar-refractivity contribution in [1.29, 1.82) is 0 Å². The topological polar surface area (TPSA) is 20.2 Å². The smallest absolute Gasteiger partial charge is 0.0787 e. The molecule has 1 atom stereocenters. The first-order valence-electron chi connectivity index (χ1n) is 5.08. The molecule has 0 saturated heterocycles. The Morgan fingerprint density at radius 2 is 1.87 bits per heavy atom. The van der Waals surface area contributed by atoms with Crippen LogP contribution >= 0.6 is 15.9 Å². The molecule has 2 rings (SSSR count). The van der Waals surface area contributed by atoms with Gasteiger partial charge in [0.2, 0.25) is 0 Å². The molecule has 0 aliphatic rings. The molecule has 0 saturated carbocycles. The normalized spacial score (nSPS) is 13.0. The minimum atomic E-state index is -0.353. The number of benzene rings is 2. The van der Waals surface area contributed by atoms with Crippen LogP contribution in [-0.2, 0) is 0 Å². The number of aliphatic hydroxyl groups excluding tert-OH is 1. The number of hydrogen-bond acceptors (Lipinski definition) is 1. The maximum atomic E-state index is 9.75. The lowest BCUT2D eigenvalue weighted by Gasteiger charge is -2.09. The van der Waals surface area contributed by atoms with Crippen molar-refractivity contribution < 1.29 is 5.11 Å². The molecule has 2 aromatic carbocycles. The first kappa shape index (κ1) is 10.7. The van der Waals surface area contributed by atoms with Gasteiger partial charge in [0.15, 0.2) is 0 Å². The van der Waals surface area contributed by atoms with Gasteiger partial charge in [-0.25, -0.2) is 0 Å². The zero-order chi connectivity index (χ0) is 10.8. The Kier molecular flexibility index (Phi) is 3.08. The third-order valence-electron chi connectivity index (χ3n) is 2.60. The molecule has 78 valence electrons. The molecule has 1 nitrogen and oxygen atoms in total. The summed E-state index contributed by atoms with van der Waals surface area (Å²) in [6, 6.07) is 12.3. The van der Waals surface area contributed by atoms with E-state index < -0.39 is 0 Å². The van der Waals surface area contributed by atoms with Gasteiger partial charge in [-0.2, -0.15) is 0 Å². The minimum absolute atomic E-state index is 0.353. The summed E-state index contributed by atoms with van der Waals surface area (Å²) in [6.45, 7) is 1.98. The molecule has 0 fully saturated rings. The summed E-state index contributed by atoms with van der Waals surface area (Å²) in [7, 11) is 0. The molecule has 15 heavy (non-hydrogen) atoms. The van der Waals surface area contributed by atoms with Gasteiger partial charge < -0.3 is 5.11 Å². The van der Waals surface area contributed by atoms with Crippen LogP contribution in [0.25, 0.3) is 10.8 Å². The second kappa shape index (κ2) is 4.33. The van der Waals surface area contributed by atoms with Gasteiger partial charge in [0.25, 0.3) is 0 Å². The number of fused-ring (bicyclic) bond motifs is 1. The van der Waals surface area contributed by atoms with Crippen molar-refractivity contribution in [2.45, 2.75) is 19.4 Å². The largest absolute Gasteiger partial charge is 0.388 e. The Bertz CT molecular complexity index is 479.